The smallest absolute Gasteiger partial charge is 0.231 e. The number of nitriles is 1. The molecule has 0 spiro atoms. The molecule has 27 heavy (non-hydrogen) atoms. The van der Waals surface area contributed by atoms with Crippen molar-refractivity contribution in [3.05, 3.63) is 48.5 Å². The monoisotopic (exact) mass is 361 g/mol. The summed E-state index contributed by atoms with van der Waals surface area (Å²) >= 11 is 0. The fraction of sp³-hybridized carbons (Fsp3) is 0.333. The second kappa shape index (κ2) is 7.68. The molecule has 0 unspecified atom stereocenters. The SMILES string of the molecule is CC(C)C[C@](C)(N)COc1ncc(-c2ccnc3ccncc23)cc1C#N. The van der Waals surface area contributed by atoms with Crippen molar-refractivity contribution in [1.29, 1.82) is 5.26 Å². The van der Waals surface area contributed by atoms with E-state index in [4.69, 9.17) is 10.5 Å². The van der Waals surface area contributed by atoms with Gasteiger partial charge in [-0.1, -0.05) is 13.8 Å². The van der Waals surface area contributed by atoms with Crippen molar-refractivity contribution in [1.82, 2.24) is 15.0 Å². The molecular formula is C21H23N5O. The van der Waals surface area contributed by atoms with Gasteiger partial charge in [0.1, 0.15) is 18.2 Å². The molecule has 0 aliphatic rings. The van der Waals surface area contributed by atoms with Crippen LogP contribution in [0.25, 0.3) is 22.0 Å². The molecule has 3 rings (SSSR count). The Bertz CT molecular complexity index is 986. The second-order valence-corrected chi connectivity index (χ2v) is 7.48. The average molecular weight is 361 g/mol. The lowest BCUT2D eigenvalue weighted by molar-refractivity contribution is 0.200. The highest BCUT2D eigenvalue weighted by Crippen LogP contribution is 2.29. The zero-order chi connectivity index (χ0) is 19.4. The first kappa shape index (κ1) is 18.7. The highest BCUT2D eigenvalue weighted by Gasteiger charge is 2.22. The summed E-state index contributed by atoms with van der Waals surface area (Å²) in [4.78, 5) is 12.9. The zero-order valence-electron chi connectivity index (χ0n) is 15.8. The van der Waals surface area contributed by atoms with Crippen LogP contribution in [-0.4, -0.2) is 27.1 Å². The Balaban J connectivity index is 1.90. The fourth-order valence-electron chi connectivity index (χ4n) is 3.26. The van der Waals surface area contributed by atoms with Gasteiger partial charge in [-0.15, -0.1) is 0 Å². The minimum Gasteiger partial charge on any atom is -0.475 e. The summed E-state index contributed by atoms with van der Waals surface area (Å²) in [5.41, 5.74) is 8.77. The van der Waals surface area contributed by atoms with Gasteiger partial charge in [0.2, 0.25) is 5.88 Å². The molecule has 6 heteroatoms. The van der Waals surface area contributed by atoms with Crippen molar-refractivity contribution in [3.63, 3.8) is 0 Å². The lowest BCUT2D eigenvalue weighted by atomic mass is 9.93. The molecular weight excluding hydrogens is 338 g/mol. The molecule has 2 N–H and O–H groups in total. The van der Waals surface area contributed by atoms with Gasteiger partial charge in [-0.2, -0.15) is 5.26 Å². The lowest BCUT2D eigenvalue weighted by Gasteiger charge is -2.26. The van der Waals surface area contributed by atoms with E-state index in [1.54, 1.807) is 30.9 Å². The highest BCUT2D eigenvalue weighted by molar-refractivity contribution is 5.93. The normalized spacial score (nSPS) is 13.3. The van der Waals surface area contributed by atoms with Crippen molar-refractivity contribution < 1.29 is 4.74 Å². The number of hydrogen-bond acceptors (Lipinski definition) is 6. The van der Waals surface area contributed by atoms with E-state index in [-0.39, 0.29) is 0 Å². The number of aromatic nitrogens is 3. The molecule has 138 valence electrons. The first-order chi connectivity index (χ1) is 12.9. The van der Waals surface area contributed by atoms with Crippen molar-refractivity contribution in [2.45, 2.75) is 32.7 Å². The van der Waals surface area contributed by atoms with Gasteiger partial charge in [0.25, 0.3) is 0 Å². The van der Waals surface area contributed by atoms with E-state index in [2.05, 4.69) is 34.9 Å². The lowest BCUT2D eigenvalue weighted by Crippen LogP contribution is -2.43. The zero-order valence-corrected chi connectivity index (χ0v) is 15.8. The van der Waals surface area contributed by atoms with Crippen LogP contribution in [0.4, 0.5) is 0 Å². The molecule has 3 heterocycles. The highest BCUT2D eigenvalue weighted by atomic mass is 16.5. The van der Waals surface area contributed by atoms with Crippen LogP contribution in [0.3, 0.4) is 0 Å². The molecule has 0 saturated heterocycles. The number of ether oxygens (including phenoxy) is 1. The third-order valence-electron chi connectivity index (χ3n) is 4.24. The predicted molar refractivity (Wildman–Crippen MR) is 105 cm³/mol. The van der Waals surface area contributed by atoms with Crippen LogP contribution in [0.2, 0.25) is 0 Å². The van der Waals surface area contributed by atoms with Crippen LogP contribution in [0.1, 0.15) is 32.8 Å². The van der Waals surface area contributed by atoms with Gasteiger partial charge >= 0.3 is 0 Å². The third-order valence-corrected chi connectivity index (χ3v) is 4.24. The summed E-state index contributed by atoms with van der Waals surface area (Å²) in [5.74, 6) is 0.765. The Morgan fingerprint density at radius 2 is 2.04 bits per heavy atom. The number of fused-ring (bicyclic) bond motifs is 1. The molecule has 3 aromatic rings. The van der Waals surface area contributed by atoms with E-state index < -0.39 is 5.54 Å². The number of nitrogens with zero attached hydrogens (tertiary/aromatic N) is 4. The summed E-state index contributed by atoms with van der Waals surface area (Å²) in [7, 11) is 0. The van der Waals surface area contributed by atoms with E-state index in [0.717, 1.165) is 28.5 Å². The van der Waals surface area contributed by atoms with Crippen LogP contribution in [-0.2, 0) is 0 Å². The number of pyridine rings is 3. The Kier molecular flexibility index (Phi) is 5.33. The average Bonchev–Trinajstić information content (AvgIpc) is 2.65. The van der Waals surface area contributed by atoms with Gasteiger partial charge in [-0.3, -0.25) is 9.97 Å². The summed E-state index contributed by atoms with van der Waals surface area (Å²) in [5, 5.41) is 10.5. The summed E-state index contributed by atoms with van der Waals surface area (Å²) in [6.07, 6.45) is 7.73. The van der Waals surface area contributed by atoms with Gasteiger partial charge in [0.05, 0.1) is 5.52 Å². The van der Waals surface area contributed by atoms with Crippen LogP contribution in [0.5, 0.6) is 5.88 Å². The van der Waals surface area contributed by atoms with E-state index in [1.807, 2.05) is 19.1 Å². The first-order valence-corrected chi connectivity index (χ1v) is 8.90. The van der Waals surface area contributed by atoms with Crippen molar-refractivity contribution in [2.75, 3.05) is 6.61 Å². The molecule has 0 aromatic carbocycles. The number of nitrogens with two attached hydrogens (primary N) is 1. The predicted octanol–water partition coefficient (Wildman–Crippen LogP) is 3.71. The Morgan fingerprint density at radius 3 is 2.78 bits per heavy atom. The Hall–Kier alpha value is -3.04. The third kappa shape index (κ3) is 4.39. The van der Waals surface area contributed by atoms with E-state index in [1.165, 1.54) is 0 Å². The number of hydrogen-bond donors (Lipinski definition) is 1. The Morgan fingerprint density at radius 1 is 1.22 bits per heavy atom. The summed E-state index contributed by atoms with van der Waals surface area (Å²) in [6, 6.07) is 7.69. The molecule has 6 nitrogen and oxygen atoms in total. The molecule has 0 bridgehead atoms. The quantitative estimate of drug-likeness (QED) is 0.719. The van der Waals surface area contributed by atoms with Crippen LogP contribution in [0, 0.1) is 17.2 Å². The molecule has 0 aliphatic heterocycles. The van der Waals surface area contributed by atoms with E-state index in [0.29, 0.717) is 24.0 Å². The van der Waals surface area contributed by atoms with E-state index >= 15 is 0 Å². The maximum atomic E-state index is 9.55. The van der Waals surface area contributed by atoms with Crippen molar-refractivity contribution >= 4 is 10.9 Å². The fourth-order valence-corrected chi connectivity index (χ4v) is 3.26. The van der Waals surface area contributed by atoms with E-state index in [9.17, 15) is 5.26 Å². The maximum absolute atomic E-state index is 9.55. The standard InChI is InChI=1S/C21H23N5O/c1-14(2)9-21(3,23)13-27-20-15(10-22)8-16(11-26-20)17-4-7-25-19-5-6-24-12-18(17)19/h4-8,11-12,14H,9,13,23H2,1-3H3/t21-/m0/s1. The largest absolute Gasteiger partial charge is 0.475 e. The van der Waals surface area contributed by atoms with Gasteiger partial charge in [0.15, 0.2) is 0 Å². The molecule has 3 aromatic heterocycles. The minimum atomic E-state index is -0.478. The molecule has 0 amide bonds. The second-order valence-electron chi connectivity index (χ2n) is 7.48. The molecule has 0 aliphatic carbocycles. The van der Waals surface area contributed by atoms with Gasteiger partial charge < -0.3 is 10.5 Å². The Labute approximate surface area is 159 Å². The molecule has 0 saturated carbocycles. The first-order valence-electron chi connectivity index (χ1n) is 8.90. The van der Waals surface area contributed by atoms with Crippen molar-refractivity contribution in [3.8, 4) is 23.1 Å². The van der Waals surface area contributed by atoms with Crippen molar-refractivity contribution in [2.24, 2.45) is 11.7 Å². The summed E-state index contributed by atoms with van der Waals surface area (Å²) in [6.45, 7) is 6.48. The maximum Gasteiger partial charge on any atom is 0.231 e. The van der Waals surface area contributed by atoms with Gasteiger partial charge in [-0.25, -0.2) is 4.98 Å². The van der Waals surface area contributed by atoms with Crippen LogP contribution >= 0.6 is 0 Å². The summed E-state index contributed by atoms with van der Waals surface area (Å²) < 4.78 is 5.79. The molecule has 0 fully saturated rings. The van der Waals surface area contributed by atoms with Crippen LogP contribution < -0.4 is 10.5 Å². The topological polar surface area (TPSA) is 97.7 Å². The molecule has 0 radical (unpaired) electrons. The van der Waals surface area contributed by atoms with Gasteiger partial charge in [-0.05, 0) is 43.0 Å². The van der Waals surface area contributed by atoms with Gasteiger partial charge in [0, 0.05) is 41.3 Å². The van der Waals surface area contributed by atoms with Crippen LogP contribution in [0.15, 0.2) is 43.0 Å². The minimum absolute atomic E-state index is 0.300. The molecule has 1 atom stereocenters. The number of rotatable bonds is 6.